The van der Waals surface area contributed by atoms with Crippen LogP contribution in [0.4, 0.5) is 0 Å². The fraction of sp³-hybridized carbons (Fsp3) is 0. The predicted octanol–water partition coefficient (Wildman–Crippen LogP) is -7.98. The summed E-state index contributed by atoms with van der Waals surface area (Å²) in [6.07, 6.45) is 0. The standard InChI is InChI=1S/2K.Na.H2O4S.H/c;;;1-5(2,3)4;/h;;;(H2,1,2,3,4);/q2*+1;;;/p-2. The Bertz CT molecular complexity index is 97.2. The van der Waals surface area contributed by atoms with Crippen molar-refractivity contribution in [2.45, 2.75) is 0 Å². The molecule has 4 nitrogen and oxygen atoms in total. The van der Waals surface area contributed by atoms with Gasteiger partial charge >= 0.3 is 132 Å². The molecule has 0 aromatic carbocycles. The molecule has 0 aromatic heterocycles. The fourth-order valence-corrected chi connectivity index (χ4v) is 0. The summed E-state index contributed by atoms with van der Waals surface area (Å²) in [5, 5.41) is 0. The van der Waals surface area contributed by atoms with E-state index < -0.39 is 10.4 Å². The van der Waals surface area contributed by atoms with Gasteiger partial charge in [-0.2, -0.15) is 0 Å². The third-order valence-corrected chi connectivity index (χ3v) is 0. The minimum atomic E-state index is -5.17. The summed E-state index contributed by atoms with van der Waals surface area (Å²) in [5.41, 5.74) is 0. The Morgan fingerprint density at radius 1 is 1.00 bits per heavy atom. The van der Waals surface area contributed by atoms with Crippen LogP contribution >= 0.6 is 0 Å². The zero-order chi connectivity index (χ0) is 4.50. The number of hydrogen-bond donors (Lipinski definition) is 0. The molecular weight excluding hydrogens is 197 g/mol. The van der Waals surface area contributed by atoms with E-state index in [1.807, 2.05) is 0 Å². The molecule has 8 heavy (non-hydrogen) atoms. The molecule has 0 radical (unpaired) electrons. The van der Waals surface area contributed by atoms with Gasteiger partial charge in [-0.25, -0.2) is 0 Å². The number of rotatable bonds is 0. The maximum atomic E-state index is 8.52. The molecule has 0 aliphatic carbocycles. The summed E-state index contributed by atoms with van der Waals surface area (Å²) in [6.45, 7) is 0. The second-order valence-corrected chi connectivity index (χ2v) is 1.22. The van der Waals surface area contributed by atoms with Crippen molar-refractivity contribution in [1.29, 1.82) is 0 Å². The summed E-state index contributed by atoms with van der Waals surface area (Å²) >= 11 is 0. The third-order valence-electron chi connectivity index (χ3n) is 0. The van der Waals surface area contributed by atoms with Crippen molar-refractivity contribution in [3.05, 3.63) is 0 Å². The van der Waals surface area contributed by atoms with Crippen molar-refractivity contribution in [3.8, 4) is 0 Å². The maximum absolute atomic E-state index is 8.52. The Hall–Kier alpha value is 4.14. The first-order valence-electron chi connectivity index (χ1n) is 0.667. The molecule has 0 aliphatic heterocycles. The van der Waals surface area contributed by atoms with Crippen LogP contribution < -0.4 is 103 Å². The van der Waals surface area contributed by atoms with Crippen LogP contribution in [0.1, 0.15) is 0 Å². The molecule has 0 fully saturated rings. The van der Waals surface area contributed by atoms with Gasteiger partial charge in [-0.15, -0.1) is 0 Å². The fourth-order valence-electron chi connectivity index (χ4n) is 0. The van der Waals surface area contributed by atoms with Crippen LogP contribution in [0.15, 0.2) is 0 Å². The first-order chi connectivity index (χ1) is 2.00. The minimum absolute atomic E-state index is 0. The van der Waals surface area contributed by atoms with E-state index in [-0.39, 0.29) is 132 Å². The zero-order valence-electron chi connectivity index (χ0n) is 4.04. The van der Waals surface area contributed by atoms with Crippen LogP contribution in [0, 0.1) is 0 Å². The topological polar surface area (TPSA) is 80.3 Å². The summed E-state index contributed by atoms with van der Waals surface area (Å²) in [6, 6.07) is 0. The van der Waals surface area contributed by atoms with Gasteiger partial charge < -0.3 is 9.11 Å². The van der Waals surface area contributed by atoms with Crippen molar-refractivity contribution in [2.24, 2.45) is 0 Å². The molecular formula is HK2NaO4S. The van der Waals surface area contributed by atoms with Crippen molar-refractivity contribution < 1.29 is 120 Å². The first kappa shape index (κ1) is 22.7. The summed E-state index contributed by atoms with van der Waals surface area (Å²) < 4.78 is 34.1. The van der Waals surface area contributed by atoms with E-state index in [0.717, 1.165) is 0 Å². The molecule has 0 rings (SSSR count). The molecule has 0 unspecified atom stereocenters. The zero-order valence-corrected chi connectivity index (χ0v) is 11.1. The van der Waals surface area contributed by atoms with Gasteiger partial charge in [0.2, 0.25) is 0 Å². The van der Waals surface area contributed by atoms with E-state index in [9.17, 15) is 0 Å². The molecule has 0 heterocycles. The Kier molecular flexibility index (Phi) is 31.7. The van der Waals surface area contributed by atoms with E-state index in [0.29, 0.717) is 0 Å². The van der Waals surface area contributed by atoms with Crippen LogP contribution in [0.3, 0.4) is 0 Å². The normalized spacial score (nSPS) is 7.25. The predicted molar refractivity (Wildman–Crippen MR) is 17.6 cm³/mol. The van der Waals surface area contributed by atoms with Crippen LogP contribution in [0.5, 0.6) is 0 Å². The summed E-state index contributed by atoms with van der Waals surface area (Å²) in [7, 11) is -5.17. The molecule has 0 amide bonds. The molecule has 0 saturated heterocycles. The van der Waals surface area contributed by atoms with Crippen LogP contribution in [0.2, 0.25) is 0 Å². The third kappa shape index (κ3) is 49.4. The average Bonchev–Trinajstić information content (AvgIpc) is 0.722. The van der Waals surface area contributed by atoms with E-state index >= 15 is 0 Å². The second-order valence-electron chi connectivity index (χ2n) is 0.408. The summed E-state index contributed by atoms with van der Waals surface area (Å²) in [5.74, 6) is 0. The Morgan fingerprint density at radius 3 is 1.00 bits per heavy atom. The van der Waals surface area contributed by atoms with Gasteiger partial charge in [0.15, 0.2) is 0 Å². The van der Waals surface area contributed by atoms with E-state index in [1.54, 1.807) is 0 Å². The Balaban J connectivity index is -0.0000000267. The van der Waals surface area contributed by atoms with Gasteiger partial charge in [-0.3, -0.25) is 8.42 Å². The van der Waals surface area contributed by atoms with Crippen molar-refractivity contribution in [2.75, 3.05) is 0 Å². The SMILES string of the molecule is O=S(=O)([O-])[O-].[K+].[K+].[NaH]. The molecule has 0 atom stereocenters. The van der Waals surface area contributed by atoms with Gasteiger partial charge in [0.25, 0.3) is 0 Å². The van der Waals surface area contributed by atoms with Gasteiger partial charge in [-0.1, -0.05) is 0 Å². The van der Waals surface area contributed by atoms with Gasteiger partial charge in [-0.05, 0) is 0 Å². The van der Waals surface area contributed by atoms with Crippen LogP contribution in [0.25, 0.3) is 0 Å². The molecule has 0 aliphatic rings. The molecule has 8 heteroatoms. The monoisotopic (exact) mass is 198 g/mol. The van der Waals surface area contributed by atoms with Crippen LogP contribution in [-0.2, 0) is 10.4 Å². The molecule has 0 spiro atoms. The van der Waals surface area contributed by atoms with Crippen molar-refractivity contribution >= 4 is 40.0 Å². The van der Waals surface area contributed by atoms with Crippen LogP contribution in [-0.4, -0.2) is 47.1 Å². The molecule has 34 valence electrons. The summed E-state index contributed by atoms with van der Waals surface area (Å²) in [4.78, 5) is 0. The van der Waals surface area contributed by atoms with Gasteiger partial charge in [0.05, 0.1) is 0 Å². The molecule has 0 N–H and O–H groups in total. The first-order valence-corrected chi connectivity index (χ1v) is 2.00. The number of hydrogen-bond acceptors (Lipinski definition) is 4. The van der Waals surface area contributed by atoms with Gasteiger partial charge in [0, 0.05) is 10.4 Å². The van der Waals surface area contributed by atoms with E-state index in [1.165, 1.54) is 0 Å². The average molecular weight is 198 g/mol. The molecule has 0 bridgehead atoms. The molecule has 0 aromatic rings. The van der Waals surface area contributed by atoms with E-state index in [2.05, 4.69) is 0 Å². The van der Waals surface area contributed by atoms with E-state index in [4.69, 9.17) is 17.5 Å². The Morgan fingerprint density at radius 2 is 1.00 bits per heavy atom. The second kappa shape index (κ2) is 11.1. The van der Waals surface area contributed by atoms with Gasteiger partial charge in [0.1, 0.15) is 0 Å². The molecule has 0 saturated carbocycles. The Labute approximate surface area is 155 Å². The van der Waals surface area contributed by atoms with Crippen molar-refractivity contribution in [3.63, 3.8) is 0 Å². The quantitative estimate of drug-likeness (QED) is 0.220. The van der Waals surface area contributed by atoms with Crippen molar-refractivity contribution in [1.82, 2.24) is 0 Å².